The largest absolute Gasteiger partial charge is 0.508 e. The molecule has 0 saturated heterocycles. The summed E-state index contributed by atoms with van der Waals surface area (Å²) in [7, 11) is 0. The second-order valence-electron chi connectivity index (χ2n) is 9.32. The minimum absolute atomic E-state index is 0.00765. The van der Waals surface area contributed by atoms with E-state index in [0.717, 1.165) is 0 Å². The highest BCUT2D eigenvalue weighted by atomic mass is 16.4. The summed E-state index contributed by atoms with van der Waals surface area (Å²) in [5.41, 5.74) is 7.92. The molecular weight excluding hydrogens is 520 g/mol. The summed E-state index contributed by atoms with van der Waals surface area (Å²) in [4.78, 5) is 57.4. The third-order valence-electron chi connectivity index (χ3n) is 6.08. The molecule has 0 spiro atoms. The second-order valence-corrected chi connectivity index (χ2v) is 9.32. The van der Waals surface area contributed by atoms with Crippen LogP contribution in [0.15, 0.2) is 61.1 Å². The smallest absolute Gasteiger partial charge is 0.325 e. The number of rotatable bonds is 13. The summed E-state index contributed by atoms with van der Waals surface area (Å²) in [5.74, 6) is -3.23. The Hall–Kier alpha value is -4.91. The Bertz CT molecular complexity index is 1300. The molecular formula is C27H32N6O7. The van der Waals surface area contributed by atoms with Gasteiger partial charge in [-0.15, -0.1) is 0 Å². The summed E-state index contributed by atoms with van der Waals surface area (Å²) in [5, 5.41) is 35.9. The lowest BCUT2D eigenvalue weighted by atomic mass is 10.0. The number of nitrogens with zero attached hydrogens (tertiary/aromatic N) is 1. The van der Waals surface area contributed by atoms with Crippen LogP contribution in [-0.4, -0.2) is 73.1 Å². The van der Waals surface area contributed by atoms with Crippen LogP contribution >= 0.6 is 0 Å². The molecule has 212 valence electrons. The van der Waals surface area contributed by atoms with Gasteiger partial charge in [0.1, 0.15) is 29.6 Å². The number of imidazole rings is 1. The number of aromatic amines is 1. The first-order valence-corrected chi connectivity index (χ1v) is 12.4. The summed E-state index contributed by atoms with van der Waals surface area (Å²) in [6, 6.07) is 7.63. The van der Waals surface area contributed by atoms with Gasteiger partial charge in [0.25, 0.3) is 0 Å². The number of nitrogens with one attached hydrogen (secondary N) is 4. The first-order chi connectivity index (χ1) is 19.0. The Morgan fingerprint density at radius 1 is 0.800 bits per heavy atom. The maximum absolute atomic E-state index is 13.5. The number of hydrogen-bond donors (Lipinski definition) is 8. The van der Waals surface area contributed by atoms with Crippen molar-refractivity contribution in [3.8, 4) is 11.5 Å². The Labute approximate surface area is 229 Å². The van der Waals surface area contributed by atoms with Crippen molar-refractivity contribution in [1.82, 2.24) is 25.9 Å². The van der Waals surface area contributed by atoms with Crippen molar-refractivity contribution in [2.24, 2.45) is 5.73 Å². The van der Waals surface area contributed by atoms with Crippen LogP contribution in [0.5, 0.6) is 11.5 Å². The molecule has 0 fully saturated rings. The van der Waals surface area contributed by atoms with Gasteiger partial charge < -0.3 is 42.0 Å². The lowest BCUT2D eigenvalue weighted by molar-refractivity contribution is -0.141. The van der Waals surface area contributed by atoms with Crippen LogP contribution in [0.4, 0.5) is 0 Å². The van der Waals surface area contributed by atoms with Gasteiger partial charge in [0, 0.05) is 24.7 Å². The molecule has 13 heteroatoms. The summed E-state index contributed by atoms with van der Waals surface area (Å²) >= 11 is 0. The van der Waals surface area contributed by atoms with Crippen molar-refractivity contribution in [3.05, 3.63) is 77.9 Å². The van der Waals surface area contributed by atoms with Crippen molar-refractivity contribution < 1.29 is 34.5 Å². The molecule has 3 aromatic rings. The van der Waals surface area contributed by atoms with Gasteiger partial charge in [-0.3, -0.25) is 19.2 Å². The van der Waals surface area contributed by atoms with Crippen molar-refractivity contribution in [1.29, 1.82) is 0 Å². The number of carbonyl (C=O) groups excluding carboxylic acids is 3. The predicted molar refractivity (Wildman–Crippen MR) is 143 cm³/mol. The fourth-order valence-corrected chi connectivity index (χ4v) is 3.81. The minimum atomic E-state index is -1.25. The molecule has 13 nitrogen and oxygen atoms in total. The third kappa shape index (κ3) is 8.84. The van der Waals surface area contributed by atoms with Gasteiger partial charge in [0.15, 0.2) is 0 Å². The van der Waals surface area contributed by atoms with Crippen molar-refractivity contribution >= 4 is 23.7 Å². The number of carbonyl (C=O) groups is 4. The van der Waals surface area contributed by atoms with E-state index in [-0.39, 0.29) is 30.8 Å². The molecule has 0 saturated carbocycles. The monoisotopic (exact) mass is 552 g/mol. The molecule has 9 N–H and O–H groups in total. The maximum Gasteiger partial charge on any atom is 0.325 e. The number of phenols is 2. The van der Waals surface area contributed by atoms with Crippen molar-refractivity contribution in [2.75, 3.05) is 0 Å². The average Bonchev–Trinajstić information content (AvgIpc) is 3.43. The van der Waals surface area contributed by atoms with Gasteiger partial charge in [-0.05, 0) is 48.7 Å². The zero-order valence-corrected chi connectivity index (χ0v) is 21.7. The number of carboxylic acid groups (broad SMARTS) is 1. The van der Waals surface area contributed by atoms with E-state index in [1.54, 1.807) is 24.3 Å². The van der Waals surface area contributed by atoms with Gasteiger partial charge in [0.2, 0.25) is 17.7 Å². The van der Waals surface area contributed by atoms with E-state index in [4.69, 9.17) is 5.73 Å². The molecule has 40 heavy (non-hydrogen) atoms. The molecule has 0 bridgehead atoms. The third-order valence-corrected chi connectivity index (χ3v) is 6.08. The molecule has 3 rings (SSSR count). The normalized spacial score (nSPS) is 13.8. The Morgan fingerprint density at radius 2 is 1.30 bits per heavy atom. The highest BCUT2D eigenvalue weighted by molar-refractivity contribution is 5.94. The number of aromatic nitrogens is 2. The Morgan fingerprint density at radius 3 is 1.82 bits per heavy atom. The number of hydrogen-bond acceptors (Lipinski definition) is 8. The van der Waals surface area contributed by atoms with Crippen LogP contribution in [0.3, 0.4) is 0 Å². The van der Waals surface area contributed by atoms with Crippen LogP contribution in [0.25, 0.3) is 0 Å². The number of nitrogens with two attached hydrogens (primary N) is 1. The standard InChI is InChI=1S/C27H32N6O7/c1-15(27(39)40)31-25(37)23(12-18-13-29-14-30-18)33-26(38)22(11-17-4-8-20(35)9-5-17)32-24(36)21(28)10-16-2-6-19(34)7-3-16/h2-9,13-15,21-23,34-35H,10-12,28H2,1H3,(H,29,30)(H,31,37)(H,32,36)(H,33,38)(H,39,40). The van der Waals surface area contributed by atoms with E-state index >= 15 is 0 Å². The van der Waals surface area contributed by atoms with E-state index in [9.17, 15) is 34.5 Å². The number of benzene rings is 2. The molecule has 0 aliphatic rings. The quantitative estimate of drug-likeness (QED) is 0.140. The van der Waals surface area contributed by atoms with Crippen molar-refractivity contribution in [2.45, 2.75) is 50.4 Å². The SMILES string of the molecule is CC(NC(=O)C(Cc1cnc[nH]1)NC(=O)C(Cc1ccc(O)cc1)NC(=O)C(N)Cc1ccc(O)cc1)C(=O)O. The number of aliphatic carboxylic acids is 1. The minimum Gasteiger partial charge on any atom is -0.508 e. The molecule has 4 atom stereocenters. The predicted octanol–water partition coefficient (Wildman–Crippen LogP) is -0.265. The number of carboxylic acids is 1. The Kier molecular flexibility index (Phi) is 10.2. The van der Waals surface area contributed by atoms with Crippen LogP contribution < -0.4 is 21.7 Å². The maximum atomic E-state index is 13.5. The molecule has 0 aliphatic carbocycles. The van der Waals surface area contributed by atoms with E-state index in [1.807, 2.05) is 0 Å². The number of aromatic hydroxyl groups is 2. The van der Waals surface area contributed by atoms with E-state index in [0.29, 0.717) is 16.8 Å². The lowest BCUT2D eigenvalue weighted by Gasteiger charge is -2.25. The number of amides is 3. The molecule has 3 amide bonds. The van der Waals surface area contributed by atoms with Gasteiger partial charge in [-0.2, -0.15) is 0 Å². The van der Waals surface area contributed by atoms with E-state index in [2.05, 4.69) is 25.9 Å². The summed E-state index contributed by atoms with van der Waals surface area (Å²) < 4.78 is 0. The molecule has 4 unspecified atom stereocenters. The zero-order chi connectivity index (χ0) is 29.2. The van der Waals surface area contributed by atoms with Gasteiger partial charge in [-0.25, -0.2) is 4.98 Å². The van der Waals surface area contributed by atoms with Crippen LogP contribution in [0, 0.1) is 0 Å². The van der Waals surface area contributed by atoms with E-state index < -0.39 is 47.9 Å². The second kappa shape index (κ2) is 13.8. The van der Waals surface area contributed by atoms with Crippen LogP contribution in [-0.2, 0) is 38.4 Å². The fraction of sp³-hybridized carbons (Fsp3) is 0.296. The van der Waals surface area contributed by atoms with Gasteiger partial charge >= 0.3 is 5.97 Å². The van der Waals surface area contributed by atoms with Crippen LogP contribution in [0.1, 0.15) is 23.7 Å². The summed E-state index contributed by atoms with van der Waals surface area (Å²) in [6.45, 7) is 1.29. The summed E-state index contributed by atoms with van der Waals surface area (Å²) in [6.07, 6.45) is 2.98. The van der Waals surface area contributed by atoms with Gasteiger partial charge in [-0.1, -0.05) is 24.3 Å². The molecule has 1 aromatic heterocycles. The lowest BCUT2D eigenvalue weighted by Crippen LogP contribution is -2.58. The van der Waals surface area contributed by atoms with Gasteiger partial charge in [0.05, 0.1) is 12.4 Å². The Balaban J connectivity index is 1.79. The highest BCUT2D eigenvalue weighted by Gasteiger charge is 2.30. The fourth-order valence-electron chi connectivity index (χ4n) is 3.81. The molecule has 0 aliphatic heterocycles. The number of H-pyrrole nitrogens is 1. The van der Waals surface area contributed by atoms with Crippen LogP contribution in [0.2, 0.25) is 0 Å². The average molecular weight is 553 g/mol. The molecule has 2 aromatic carbocycles. The zero-order valence-electron chi connectivity index (χ0n) is 21.7. The first-order valence-electron chi connectivity index (χ1n) is 12.4. The first kappa shape index (κ1) is 29.6. The number of phenolic OH excluding ortho intramolecular Hbond substituents is 2. The highest BCUT2D eigenvalue weighted by Crippen LogP contribution is 2.13. The molecule has 0 radical (unpaired) electrons. The van der Waals surface area contributed by atoms with E-state index in [1.165, 1.54) is 43.7 Å². The van der Waals surface area contributed by atoms with Crippen molar-refractivity contribution in [3.63, 3.8) is 0 Å². The molecule has 1 heterocycles. The topological polar surface area (TPSA) is 220 Å².